The number of hydrogen-bond acceptors (Lipinski definition) is 8. The van der Waals surface area contributed by atoms with E-state index in [9.17, 15) is 28.8 Å². The highest BCUT2D eigenvalue weighted by atomic mass is 16.6. The highest BCUT2D eigenvalue weighted by Gasteiger charge is 2.22. The summed E-state index contributed by atoms with van der Waals surface area (Å²) in [5.74, 6) is -1.48. The number of carbonyl (C=O) groups is 6. The van der Waals surface area contributed by atoms with Gasteiger partial charge in [0.15, 0.2) is 0 Å². The Morgan fingerprint density at radius 2 is 1.05 bits per heavy atom. The number of alkyl carbamates (subject to hydrolysis) is 2. The van der Waals surface area contributed by atoms with Crippen LogP contribution in [0, 0.1) is 0 Å². The fourth-order valence-electron chi connectivity index (χ4n) is 3.62. The maximum Gasteiger partial charge on any atom is 0.407 e. The second-order valence-corrected chi connectivity index (χ2v) is 12.1. The standard InChI is InChI=1S/C29H54N6O8/c1-8-9-10-15-31-23(37)14-19-35(25(39)12-17-33-27(41)43-29(5,6)7)21-20-34(18-13-22(30)36)24(38)11-16-32-26(40)42-28(2,3)4/h8-21H2,1-7H3,(H2,30,36)(H,31,37)(H,32,40)(H,33,41). The second-order valence-electron chi connectivity index (χ2n) is 12.1. The van der Waals surface area contributed by atoms with Gasteiger partial charge in [0, 0.05) is 71.5 Å². The number of nitrogens with zero attached hydrogens (tertiary/aromatic N) is 2. The first-order chi connectivity index (χ1) is 19.9. The van der Waals surface area contributed by atoms with Crippen molar-refractivity contribution in [1.82, 2.24) is 25.8 Å². The van der Waals surface area contributed by atoms with Crippen molar-refractivity contribution < 1.29 is 38.2 Å². The minimum atomic E-state index is -0.688. The Bertz CT molecular complexity index is 914. The summed E-state index contributed by atoms with van der Waals surface area (Å²) in [5, 5.41) is 7.91. The van der Waals surface area contributed by atoms with Gasteiger partial charge in [-0.15, -0.1) is 0 Å². The van der Waals surface area contributed by atoms with Gasteiger partial charge in [-0.2, -0.15) is 0 Å². The van der Waals surface area contributed by atoms with Gasteiger partial charge >= 0.3 is 12.2 Å². The van der Waals surface area contributed by atoms with Crippen LogP contribution in [0.25, 0.3) is 0 Å². The van der Waals surface area contributed by atoms with E-state index < -0.39 is 29.3 Å². The van der Waals surface area contributed by atoms with Gasteiger partial charge in [0.1, 0.15) is 11.2 Å². The lowest BCUT2D eigenvalue weighted by Gasteiger charge is -2.28. The van der Waals surface area contributed by atoms with Crippen LogP contribution in [0.5, 0.6) is 0 Å². The Hall–Kier alpha value is -3.58. The van der Waals surface area contributed by atoms with E-state index in [1.54, 1.807) is 41.5 Å². The average Bonchev–Trinajstić information content (AvgIpc) is 2.85. The number of rotatable bonds is 19. The Morgan fingerprint density at radius 1 is 0.605 bits per heavy atom. The number of ether oxygens (including phenoxy) is 2. The van der Waals surface area contributed by atoms with Gasteiger partial charge in [0.05, 0.1) is 0 Å². The molecular weight excluding hydrogens is 560 g/mol. The molecule has 0 unspecified atom stereocenters. The Morgan fingerprint density at radius 3 is 1.44 bits per heavy atom. The van der Waals surface area contributed by atoms with Gasteiger partial charge < -0.3 is 41.0 Å². The largest absolute Gasteiger partial charge is 0.444 e. The predicted molar refractivity (Wildman–Crippen MR) is 162 cm³/mol. The first kappa shape index (κ1) is 39.4. The van der Waals surface area contributed by atoms with Gasteiger partial charge in [0.2, 0.25) is 23.6 Å². The molecule has 0 aliphatic heterocycles. The minimum absolute atomic E-state index is 0.0119. The Balaban J connectivity index is 5.30. The molecule has 14 heteroatoms. The van der Waals surface area contributed by atoms with Crippen LogP contribution in [0.4, 0.5) is 9.59 Å². The van der Waals surface area contributed by atoms with E-state index in [-0.39, 0.29) is 82.7 Å². The minimum Gasteiger partial charge on any atom is -0.444 e. The van der Waals surface area contributed by atoms with Crippen LogP contribution >= 0.6 is 0 Å². The lowest BCUT2D eigenvalue weighted by atomic mass is 10.2. The molecule has 0 atom stereocenters. The quantitative estimate of drug-likeness (QED) is 0.159. The molecule has 14 nitrogen and oxygen atoms in total. The van der Waals surface area contributed by atoms with E-state index in [2.05, 4.69) is 22.9 Å². The number of carbonyl (C=O) groups excluding carboxylic acids is 6. The summed E-state index contributed by atoms with van der Waals surface area (Å²) in [5.41, 5.74) is 3.92. The molecule has 6 amide bonds. The second kappa shape index (κ2) is 20.3. The summed E-state index contributed by atoms with van der Waals surface area (Å²) in [6, 6.07) is 0. The smallest absolute Gasteiger partial charge is 0.407 e. The molecule has 0 aliphatic carbocycles. The van der Waals surface area contributed by atoms with E-state index in [4.69, 9.17) is 15.2 Å². The van der Waals surface area contributed by atoms with Gasteiger partial charge in [-0.05, 0) is 48.0 Å². The van der Waals surface area contributed by atoms with Gasteiger partial charge in [0.25, 0.3) is 0 Å². The number of unbranched alkanes of at least 4 members (excludes halogenated alkanes) is 2. The molecule has 0 saturated heterocycles. The summed E-state index contributed by atoms with van der Waals surface area (Å²) in [4.78, 5) is 76.6. The molecule has 0 rings (SSSR count). The molecule has 43 heavy (non-hydrogen) atoms. The Labute approximate surface area is 256 Å². The van der Waals surface area contributed by atoms with E-state index in [0.29, 0.717) is 6.54 Å². The van der Waals surface area contributed by atoms with Gasteiger partial charge in [-0.3, -0.25) is 19.2 Å². The van der Waals surface area contributed by atoms with Crippen LogP contribution in [0.1, 0.15) is 93.4 Å². The van der Waals surface area contributed by atoms with E-state index in [1.807, 2.05) is 0 Å². The zero-order valence-corrected chi connectivity index (χ0v) is 27.1. The van der Waals surface area contributed by atoms with Crippen molar-refractivity contribution >= 4 is 35.8 Å². The van der Waals surface area contributed by atoms with Crippen molar-refractivity contribution in [2.24, 2.45) is 5.73 Å². The lowest BCUT2D eigenvalue weighted by Crippen LogP contribution is -2.45. The molecule has 0 aromatic carbocycles. The molecule has 0 aliphatic rings. The van der Waals surface area contributed by atoms with Crippen LogP contribution < -0.4 is 21.7 Å². The topological polar surface area (TPSA) is 189 Å². The lowest BCUT2D eigenvalue weighted by molar-refractivity contribution is -0.136. The maximum absolute atomic E-state index is 13.1. The van der Waals surface area contributed by atoms with Crippen molar-refractivity contribution in [3.63, 3.8) is 0 Å². The van der Waals surface area contributed by atoms with Gasteiger partial charge in [-0.25, -0.2) is 9.59 Å². The van der Waals surface area contributed by atoms with Crippen molar-refractivity contribution in [3.05, 3.63) is 0 Å². The van der Waals surface area contributed by atoms with Crippen LogP contribution in [0.2, 0.25) is 0 Å². The van der Waals surface area contributed by atoms with Crippen molar-refractivity contribution in [2.45, 2.75) is 105 Å². The molecule has 5 N–H and O–H groups in total. The molecule has 0 saturated carbocycles. The SMILES string of the molecule is CCCCCNC(=O)CCN(CCN(CCC(N)=O)C(=O)CCNC(=O)OC(C)(C)C)C(=O)CCNC(=O)OC(C)(C)C. The molecule has 248 valence electrons. The van der Waals surface area contributed by atoms with Crippen LogP contribution in [0.15, 0.2) is 0 Å². The Kier molecular flexibility index (Phi) is 18.7. The molecule has 0 fully saturated rings. The fraction of sp³-hybridized carbons (Fsp3) is 0.793. The summed E-state index contributed by atoms with van der Waals surface area (Å²) in [6.45, 7) is 13.3. The summed E-state index contributed by atoms with van der Waals surface area (Å²) < 4.78 is 10.4. The van der Waals surface area contributed by atoms with E-state index >= 15 is 0 Å². The molecule has 0 heterocycles. The van der Waals surface area contributed by atoms with Crippen molar-refractivity contribution in [3.8, 4) is 0 Å². The number of nitrogens with two attached hydrogens (primary N) is 1. The summed E-state index contributed by atoms with van der Waals surface area (Å²) >= 11 is 0. The zero-order chi connectivity index (χ0) is 33.1. The average molecular weight is 615 g/mol. The summed E-state index contributed by atoms with van der Waals surface area (Å²) in [7, 11) is 0. The number of amides is 6. The zero-order valence-electron chi connectivity index (χ0n) is 27.1. The number of primary amides is 1. The molecule has 0 aromatic rings. The maximum atomic E-state index is 13.1. The van der Waals surface area contributed by atoms with Crippen LogP contribution in [-0.4, -0.2) is 103 Å². The third-order valence-corrected chi connectivity index (χ3v) is 5.70. The first-order valence-corrected chi connectivity index (χ1v) is 15.0. The third kappa shape index (κ3) is 22.7. The number of hydrogen-bond donors (Lipinski definition) is 4. The van der Waals surface area contributed by atoms with Crippen LogP contribution in [-0.2, 0) is 28.7 Å². The highest BCUT2D eigenvalue weighted by molar-refractivity contribution is 5.80. The number of nitrogens with one attached hydrogen (secondary N) is 3. The third-order valence-electron chi connectivity index (χ3n) is 5.70. The van der Waals surface area contributed by atoms with Gasteiger partial charge in [-0.1, -0.05) is 19.8 Å². The molecule has 0 spiro atoms. The van der Waals surface area contributed by atoms with E-state index in [0.717, 1.165) is 19.3 Å². The van der Waals surface area contributed by atoms with E-state index in [1.165, 1.54) is 9.80 Å². The first-order valence-electron chi connectivity index (χ1n) is 15.0. The highest BCUT2D eigenvalue weighted by Crippen LogP contribution is 2.08. The fourth-order valence-corrected chi connectivity index (χ4v) is 3.62. The molecular formula is C29H54N6O8. The van der Waals surface area contributed by atoms with Crippen LogP contribution in [0.3, 0.4) is 0 Å². The molecule has 0 bridgehead atoms. The predicted octanol–water partition coefficient (Wildman–Crippen LogP) is 2.05. The normalized spacial score (nSPS) is 11.2. The van der Waals surface area contributed by atoms with Crippen molar-refractivity contribution in [2.75, 3.05) is 45.8 Å². The monoisotopic (exact) mass is 614 g/mol. The molecule has 0 radical (unpaired) electrons. The van der Waals surface area contributed by atoms with Crippen molar-refractivity contribution in [1.29, 1.82) is 0 Å². The summed E-state index contributed by atoms with van der Waals surface area (Å²) in [6.07, 6.45) is 1.44. The molecule has 0 aromatic heterocycles.